The Bertz CT molecular complexity index is 403. The van der Waals surface area contributed by atoms with E-state index in [1.807, 2.05) is 6.20 Å². The summed E-state index contributed by atoms with van der Waals surface area (Å²) in [5.41, 5.74) is 1.30. The maximum absolute atomic E-state index is 4.48. The fraction of sp³-hybridized carbons (Fsp3) is 0.800. The Kier molecular flexibility index (Phi) is 5.57. The molecule has 1 saturated heterocycles. The minimum absolute atomic E-state index is 0.339. The van der Waals surface area contributed by atoms with Crippen molar-refractivity contribution in [2.24, 2.45) is 0 Å². The molecule has 5 nitrogen and oxygen atoms in total. The Morgan fingerprint density at radius 3 is 2.90 bits per heavy atom. The normalized spacial score (nSPS) is 23.7. The number of hydrogen-bond donors (Lipinski definition) is 1. The Labute approximate surface area is 122 Å². The van der Waals surface area contributed by atoms with Crippen molar-refractivity contribution in [2.45, 2.75) is 38.4 Å². The topological polar surface area (TPSA) is 36.3 Å². The summed E-state index contributed by atoms with van der Waals surface area (Å²) in [6, 6.07) is 0.831. The van der Waals surface area contributed by atoms with E-state index >= 15 is 0 Å². The third kappa shape index (κ3) is 3.59. The standard InChI is InChI=1S/C15H29N5/c1-5-7-20-11-13(10-17-20)15(16-2)14-12-18(3)8-6-9-19(14)4/h10-11,14-16H,5-9,12H2,1-4H3. The summed E-state index contributed by atoms with van der Waals surface area (Å²) in [6.45, 7) is 6.63. The van der Waals surface area contributed by atoms with Crippen molar-refractivity contribution in [3.63, 3.8) is 0 Å². The van der Waals surface area contributed by atoms with Crippen LogP contribution in [0.5, 0.6) is 0 Å². The molecule has 0 amide bonds. The molecule has 1 aliphatic heterocycles. The van der Waals surface area contributed by atoms with Crippen LogP contribution in [-0.4, -0.2) is 66.4 Å². The average Bonchev–Trinajstić information content (AvgIpc) is 2.80. The van der Waals surface area contributed by atoms with Gasteiger partial charge in [-0.25, -0.2) is 0 Å². The lowest BCUT2D eigenvalue weighted by molar-refractivity contribution is 0.182. The van der Waals surface area contributed by atoms with Gasteiger partial charge in [-0.05, 0) is 47.1 Å². The van der Waals surface area contributed by atoms with Crippen LogP contribution in [0.15, 0.2) is 12.4 Å². The first-order valence-electron chi connectivity index (χ1n) is 7.74. The van der Waals surface area contributed by atoms with Gasteiger partial charge in [-0.1, -0.05) is 6.92 Å². The van der Waals surface area contributed by atoms with Gasteiger partial charge in [0.25, 0.3) is 0 Å². The second-order valence-electron chi connectivity index (χ2n) is 5.97. The number of rotatable bonds is 5. The van der Waals surface area contributed by atoms with Gasteiger partial charge >= 0.3 is 0 Å². The quantitative estimate of drug-likeness (QED) is 0.878. The highest BCUT2D eigenvalue weighted by atomic mass is 15.3. The molecular formula is C15H29N5. The van der Waals surface area contributed by atoms with Gasteiger partial charge in [-0.2, -0.15) is 5.10 Å². The van der Waals surface area contributed by atoms with E-state index in [9.17, 15) is 0 Å². The summed E-state index contributed by atoms with van der Waals surface area (Å²) in [4.78, 5) is 4.93. The summed E-state index contributed by atoms with van der Waals surface area (Å²) >= 11 is 0. The van der Waals surface area contributed by atoms with Crippen LogP contribution >= 0.6 is 0 Å². The predicted octanol–water partition coefficient (Wildman–Crippen LogP) is 1.19. The first kappa shape index (κ1) is 15.5. The van der Waals surface area contributed by atoms with Gasteiger partial charge in [-0.3, -0.25) is 4.68 Å². The van der Waals surface area contributed by atoms with Crippen molar-refractivity contribution >= 4 is 0 Å². The lowest BCUT2D eigenvalue weighted by Crippen LogP contribution is -2.46. The van der Waals surface area contributed by atoms with E-state index in [0.717, 1.165) is 26.1 Å². The van der Waals surface area contributed by atoms with Crippen LogP contribution in [0.4, 0.5) is 0 Å². The highest BCUT2D eigenvalue weighted by molar-refractivity contribution is 5.14. The van der Waals surface area contributed by atoms with E-state index < -0.39 is 0 Å². The van der Waals surface area contributed by atoms with Gasteiger partial charge < -0.3 is 15.1 Å². The van der Waals surface area contributed by atoms with Crippen molar-refractivity contribution in [2.75, 3.05) is 40.8 Å². The largest absolute Gasteiger partial charge is 0.312 e. The van der Waals surface area contributed by atoms with E-state index in [-0.39, 0.29) is 0 Å². The average molecular weight is 279 g/mol. The van der Waals surface area contributed by atoms with Gasteiger partial charge in [0, 0.05) is 30.9 Å². The number of nitrogens with zero attached hydrogens (tertiary/aromatic N) is 4. The maximum atomic E-state index is 4.48. The summed E-state index contributed by atoms with van der Waals surface area (Å²) in [5, 5.41) is 7.98. The molecule has 1 N–H and O–H groups in total. The molecule has 2 atom stereocenters. The summed E-state index contributed by atoms with van der Waals surface area (Å²) in [6.07, 6.45) is 6.59. The Balaban J connectivity index is 2.15. The molecule has 2 heterocycles. The van der Waals surface area contributed by atoms with E-state index in [1.165, 1.54) is 18.5 Å². The van der Waals surface area contributed by atoms with Gasteiger partial charge in [0.15, 0.2) is 0 Å². The van der Waals surface area contributed by atoms with Gasteiger partial charge in [-0.15, -0.1) is 0 Å². The SMILES string of the molecule is CCCn1cc(C(NC)C2CN(C)CCCN2C)cn1. The zero-order valence-corrected chi connectivity index (χ0v) is 13.3. The molecule has 1 fully saturated rings. The first-order valence-corrected chi connectivity index (χ1v) is 7.74. The molecule has 20 heavy (non-hydrogen) atoms. The monoisotopic (exact) mass is 279 g/mol. The lowest BCUT2D eigenvalue weighted by Gasteiger charge is -2.34. The van der Waals surface area contributed by atoms with Crippen LogP contribution in [0.3, 0.4) is 0 Å². The van der Waals surface area contributed by atoms with Crippen LogP contribution in [0.2, 0.25) is 0 Å². The molecule has 5 heteroatoms. The van der Waals surface area contributed by atoms with Crippen LogP contribution in [-0.2, 0) is 6.54 Å². The smallest absolute Gasteiger partial charge is 0.0538 e. The fourth-order valence-electron chi connectivity index (χ4n) is 3.14. The molecule has 2 unspecified atom stereocenters. The van der Waals surface area contributed by atoms with Crippen LogP contribution in [0, 0.1) is 0 Å². The minimum Gasteiger partial charge on any atom is -0.312 e. The molecule has 0 saturated carbocycles. The number of likely N-dealkylation sites (N-methyl/N-ethyl adjacent to an activating group) is 3. The van der Waals surface area contributed by atoms with Crippen molar-refractivity contribution in [1.82, 2.24) is 24.9 Å². The Hall–Kier alpha value is -0.910. The van der Waals surface area contributed by atoms with Crippen molar-refractivity contribution in [1.29, 1.82) is 0 Å². The van der Waals surface area contributed by atoms with Gasteiger partial charge in [0.05, 0.1) is 12.2 Å². The molecule has 114 valence electrons. The van der Waals surface area contributed by atoms with Crippen molar-refractivity contribution in [3.8, 4) is 0 Å². The molecule has 1 aromatic heterocycles. The third-order valence-electron chi connectivity index (χ3n) is 4.28. The van der Waals surface area contributed by atoms with Crippen molar-refractivity contribution < 1.29 is 0 Å². The van der Waals surface area contributed by atoms with E-state index in [4.69, 9.17) is 0 Å². The maximum Gasteiger partial charge on any atom is 0.0538 e. The first-order chi connectivity index (χ1) is 9.65. The second-order valence-corrected chi connectivity index (χ2v) is 5.97. The molecule has 1 aromatic rings. The van der Waals surface area contributed by atoms with E-state index in [0.29, 0.717) is 12.1 Å². The molecule has 0 aliphatic carbocycles. The molecule has 2 rings (SSSR count). The Morgan fingerprint density at radius 1 is 1.40 bits per heavy atom. The minimum atomic E-state index is 0.339. The van der Waals surface area contributed by atoms with Gasteiger partial charge in [0.2, 0.25) is 0 Å². The van der Waals surface area contributed by atoms with Gasteiger partial charge in [0.1, 0.15) is 0 Å². The number of aromatic nitrogens is 2. The zero-order valence-electron chi connectivity index (χ0n) is 13.3. The number of aryl methyl sites for hydroxylation is 1. The van der Waals surface area contributed by atoms with E-state index in [2.05, 4.69) is 59.2 Å². The summed E-state index contributed by atoms with van der Waals surface area (Å²) in [7, 11) is 6.52. The number of hydrogen-bond acceptors (Lipinski definition) is 4. The lowest BCUT2D eigenvalue weighted by atomic mass is 10.0. The molecule has 0 aromatic carbocycles. The Morgan fingerprint density at radius 2 is 2.20 bits per heavy atom. The fourth-order valence-corrected chi connectivity index (χ4v) is 3.14. The predicted molar refractivity (Wildman–Crippen MR) is 82.9 cm³/mol. The highest BCUT2D eigenvalue weighted by Crippen LogP contribution is 2.22. The third-order valence-corrected chi connectivity index (χ3v) is 4.28. The van der Waals surface area contributed by atoms with E-state index in [1.54, 1.807) is 0 Å². The molecule has 0 bridgehead atoms. The molecule has 0 radical (unpaired) electrons. The molecular weight excluding hydrogens is 250 g/mol. The number of nitrogens with one attached hydrogen (secondary N) is 1. The van der Waals surface area contributed by atoms with Crippen LogP contribution < -0.4 is 5.32 Å². The second kappa shape index (κ2) is 7.20. The summed E-state index contributed by atoms with van der Waals surface area (Å²) < 4.78 is 2.06. The molecule has 0 spiro atoms. The van der Waals surface area contributed by atoms with Crippen molar-refractivity contribution in [3.05, 3.63) is 18.0 Å². The summed E-state index contributed by atoms with van der Waals surface area (Å²) in [5.74, 6) is 0. The van der Waals surface area contributed by atoms with Crippen LogP contribution in [0.25, 0.3) is 0 Å². The van der Waals surface area contributed by atoms with Crippen LogP contribution in [0.1, 0.15) is 31.4 Å². The molecule has 1 aliphatic rings. The highest BCUT2D eigenvalue weighted by Gasteiger charge is 2.29. The zero-order chi connectivity index (χ0) is 14.5.